The number of carbonyl (C=O) groups is 2. The number of nitrogens with zero attached hydrogens (tertiary/aromatic N) is 1. The van der Waals surface area contributed by atoms with Crippen LogP contribution < -0.4 is 4.74 Å². The number of amides is 1. The summed E-state index contributed by atoms with van der Waals surface area (Å²) < 4.78 is 6.28. The average molecular weight is 363 g/mol. The van der Waals surface area contributed by atoms with Gasteiger partial charge < -0.3 is 9.64 Å². The molecule has 0 bridgehead atoms. The first kappa shape index (κ1) is 17.8. The third kappa shape index (κ3) is 3.75. The van der Waals surface area contributed by atoms with E-state index in [1.54, 1.807) is 0 Å². The standard InChI is InChI=1S/C23H25NO3/c1-17-7-9-21-19(15-17)20(25)16-23(27-21)11-13-24(14-12-23)22(26)10-8-18-5-3-2-4-6-18/h2-7,9,15H,8,10-14,16H2,1H3. The number of piperidine rings is 1. The molecule has 1 amide bonds. The van der Waals surface area contributed by atoms with E-state index in [0.29, 0.717) is 50.1 Å². The van der Waals surface area contributed by atoms with Crippen molar-refractivity contribution < 1.29 is 14.3 Å². The van der Waals surface area contributed by atoms with Crippen LogP contribution >= 0.6 is 0 Å². The number of carbonyl (C=O) groups excluding carboxylic acids is 2. The number of hydrogen-bond donors (Lipinski definition) is 0. The van der Waals surface area contributed by atoms with Crippen LogP contribution in [0.2, 0.25) is 0 Å². The van der Waals surface area contributed by atoms with Gasteiger partial charge in [-0.2, -0.15) is 0 Å². The Labute approximate surface area is 160 Å². The summed E-state index contributed by atoms with van der Waals surface area (Å²) in [6.45, 7) is 3.29. The molecule has 0 aliphatic carbocycles. The minimum absolute atomic E-state index is 0.156. The van der Waals surface area contributed by atoms with E-state index in [0.717, 1.165) is 12.0 Å². The molecule has 0 N–H and O–H groups in total. The fraction of sp³-hybridized carbons (Fsp3) is 0.391. The average Bonchev–Trinajstić information content (AvgIpc) is 2.68. The minimum atomic E-state index is -0.449. The molecule has 27 heavy (non-hydrogen) atoms. The van der Waals surface area contributed by atoms with E-state index < -0.39 is 5.60 Å². The van der Waals surface area contributed by atoms with Gasteiger partial charge in [-0.25, -0.2) is 0 Å². The molecule has 2 aromatic rings. The van der Waals surface area contributed by atoms with E-state index in [-0.39, 0.29) is 11.7 Å². The summed E-state index contributed by atoms with van der Waals surface area (Å²) in [4.78, 5) is 27.1. The lowest BCUT2D eigenvalue weighted by molar-refractivity contribution is -0.134. The number of ether oxygens (including phenoxy) is 1. The van der Waals surface area contributed by atoms with Crippen LogP contribution in [0, 0.1) is 6.92 Å². The van der Waals surface area contributed by atoms with Crippen LogP contribution in [-0.2, 0) is 11.2 Å². The minimum Gasteiger partial charge on any atom is -0.486 e. The molecule has 0 radical (unpaired) electrons. The topological polar surface area (TPSA) is 46.6 Å². The molecular weight excluding hydrogens is 338 g/mol. The summed E-state index contributed by atoms with van der Waals surface area (Å²) in [5, 5.41) is 0. The van der Waals surface area contributed by atoms with Crippen LogP contribution in [0.15, 0.2) is 48.5 Å². The highest BCUT2D eigenvalue weighted by atomic mass is 16.5. The predicted octanol–water partition coefficient (Wildman–Crippen LogP) is 3.95. The highest BCUT2D eigenvalue weighted by Gasteiger charge is 2.43. The van der Waals surface area contributed by atoms with Crippen LogP contribution in [0.25, 0.3) is 0 Å². The van der Waals surface area contributed by atoms with Crippen molar-refractivity contribution in [2.24, 2.45) is 0 Å². The Hall–Kier alpha value is -2.62. The third-order valence-electron chi connectivity index (χ3n) is 5.74. The van der Waals surface area contributed by atoms with Crippen LogP contribution in [0.5, 0.6) is 5.75 Å². The number of fused-ring (bicyclic) bond motifs is 1. The zero-order chi connectivity index (χ0) is 18.9. The number of benzene rings is 2. The number of likely N-dealkylation sites (tertiary alicyclic amines) is 1. The quantitative estimate of drug-likeness (QED) is 0.829. The van der Waals surface area contributed by atoms with E-state index in [9.17, 15) is 9.59 Å². The van der Waals surface area contributed by atoms with E-state index in [4.69, 9.17) is 4.74 Å². The Balaban J connectivity index is 1.36. The smallest absolute Gasteiger partial charge is 0.222 e. The van der Waals surface area contributed by atoms with Crippen molar-refractivity contribution in [3.8, 4) is 5.75 Å². The van der Waals surface area contributed by atoms with Crippen LogP contribution in [0.3, 0.4) is 0 Å². The van der Waals surface area contributed by atoms with Crippen LogP contribution in [0.1, 0.15) is 47.2 Å². The van der Waals surface area contributed by atoms with Crippen molar-refractivity contribution in [3.63, 3.8) is 0 Å². The summed E-state index contributed by atoms with van der Waals surface area (Å²) in [6, 6.07) is 15.9. The molecule has 4 heteroatoms. The third-order valence-corrected chi connectivity index (χ3v) is 5.74. The molecule has 2 aliphatic heterocycles. The highest BCUT2D eigenvalue weighted by Crippen LogP contribution is 2.39. The van der Waals surface area contributed by atoms with Gasteiger partial charge in [0.2, 0.25) is 5.91 Å². The number of ketones is 1. The summed E-state index contributed by atoms with van der Waals surface area (Å²) >= 11 is 0. The first-order chi connectivity index (χ1) is 13.0. The van der Waals surface area contributed by atoms with E-state index >= 15 is 0 Å². The Morgan fingerprint density at radius 2 is 1.85 bits per heavy atom. The zero-order valence-electron chi connectivity index (χ0n) is 15.7. The molecule has 0 aromatic heterocycles. The SMILES string of the molecule is Cc1ccc2c(c1)C(=O)CC1(CCN(C(=O)CCc3ccccc3)CC1)O2. The highest BCUT2D eigenvalue weighted by molar-refractivity contribution is 6.00. The maximum Gasteiger partial charge on any atom is 0.222 e. The van der Waals surface area contributed by atoms with Crippen molar-refractivity contribution in [2.75, 3.05) is 13.1 Å². The van der Waals surface area contributed by atoms with Gasteiger partial charge in [0.05, 0.1) is 12.0 Å². The van der Waals surface area contributed by atoms with Gasteiger partial charge >= 0.3 is 0 Å². The summed E-state index contributed by atoms with van der Waals surface area (Å²) in [6.07, 6.45) is 3.13. The lowest BCUT2D eigenvalue weighted by Gasteiger charge is -2.44. The van der Waals surface area contributed by atoms with Crippen LogP contribution in [-0.4, -0.2) is 35.3 Å². The lowest BCUT2D eigenvalue weighted by atomic mass is 9.82. The second-order valence-electron chi connectivity index (χ2n) is 7.75. The Morgan fingerprint density at radius 3 is 2.59 bits per heavy atom. The molecule has 1 saturated heterocycles. The molecule has 0 saturated carbocycles. The predicted molar refractivity (Wildman–Crippen MR) is 104 cm³/mol. The monoisotopic (exact) mass is 363 g/mol. The van der Waals surface area contributed by atoms with Gasteiger partial charge in [0.25, 0.3) is 0 Å². The molecule has 2 aliphatic rings. The maximum absolute atomic E-state index is 12.6. The number of rotatable bonds is 3. The molecule has 1 spiro atoms. The van der Waals surface area contributed by atoms with Crippen LogP contribution in [0.4, 0.5) is 0 Å². The summed E-state index contributed by atoms with van der Waals surface area (Å²) in [5.41, 5.74) is 2.50. The first-order valence-corrected chi connectivity index (χ1v) is 9.69. The fourth-order valence-electron chi connectivity index (χ4n) is 4.10. The molecule has 2 heterocycles. The van der Waals surface area contributed by atoms with E-state index in [2.05, 4.69) is 12.1 Å². The zero-order valence-corrected chi connectivity index (χ0v) is 15.7. The van der Waals surface area contributed by atoms with Gasteiger partial charge in [0.1, 0.15) is 11.4 Å². The molecule has 1 fully saturated rings. The first-order valence-electron chi connectivity index (χ1n) is 9.69. The fourth-order valence-corrected chi connectivity index (χ4v) is 4.10. The van der Waals surface area contributed by atoms with Crippen molar-refractivity contribution in [2.45, 2.75) is 44.6 Å². The van der Waals surface area contributed by atoms with Crippen molar-refractivity contribution in [1.82, 2.24) is 4.90 Å². The second kappa shape index (κ2) is 7.18. The molecule has 0 unspecified atom stereocenters. The van der Waals surface area contributed by atoms with Gasteiger partial charge in [-0.15, -0.1) is 0 Å². The van der Waals surface area contributed by atoms with Gasteiger partial charge in [0.15, 0.2) is 5.78 Å². The number of aryl methyl sites for hydroxylation is 2. The molecule has 0 atom stereocenters. The summed E-state index contributed by atoms with van der Waals surface area (Å²) in [7, 11) is 0. The van der Waals surface area contributed by atoms with Crippen molar-refractivity contribution in [1.29, 1.82) is 0 Å². The Kier molecular flexibility index (Phi) is 4.73. The molecule has 4 nitrogen and oxygen atoms in total. The molecule has 140 valence electrons. The Morgan fingerprint density at radius 1 is 1.11 bits per heavy atom. The van der Waals surface area contributed by atoms with Gasteiger partial charge in [-0.1, -0.05) is 42.0 Å². The van der Waals surface area contributed by atoms with Gasteiger partial charge in [0, 0.05) is 32.4 Å². The second-order valence-corrected chi connectivity index (χ2v) is 7.75. The molecule has 2 aromatic carbocycles. The molecular formula is C23H25NO3. The van der Waals surface area contributed by atoms with E-state index in [1.807, 2.05) is 48.2 Å². The summed E-state index contributed by atoms with van der Waals surface area (Å²) in [5.74, 6) is 1.04. The number of Topliss-reactive ketones (excluding diaryl/α,β-unsaturated/α-hetero) is 1. The Bertz CT molecular complexity index is 851. The largest absolute Gasteiger partial charge is 0.486 e. The van der Waals surface area contributed by atoms with Gasteiger partial charge in [-0.3, -0.25) is 9.59 Å². The van der Waals surface area contributed by atoms with Crippen molar-refractivity contribution in [3.05, 3.63) is 65.2 Å². The van der Waals surface area contributed by atoms with E-state index in [1.165, 1.54) is 5.56 Å². The lowest BCUT2D eigenvalue weighted by Crippen LogP contribution is -2.52. The van der Waals surface area contributed by atoms with Crippen molar-refractivity contribution >= 4 is 11.7 Å². The number of hydrogen-bond acceptors (Lipinski definition) is 3. The van der Waals surface area contributed by atoms with Gasteiger partial charge in [-0.05, 0) is 31.0 Å². The molecule has 4 rings (SSSR count). The normalized spacial score (nSPS) is 18.1. The maximum atomic E-state index is 12.6.